The van der Waals surface area contributed by atoms with Gasteiger partial charge in [-0.25, -0.2) is 0 Å². The van der Waals surface area contributed by atoms with Gasteiger partial charge in [-0.3, -0.25) is 0 Å². The van der Waals surface area contributed by atoms with Crippen LogP contribution >= 0.6 is 11.3 Å². The standard InChI is InChI=1S/C13H17N5OS/c1-9(2)18(8-10-4-3-7-20-10)13-11(12(14)17-19)5-6-15-16-13/h3-7,9,19H,8H2,1-2H3,(H2,14,17). The van der Waals surface area contributed by atoms with Crippen molar-refractivity contribution < 1.29 is 5.21 Å². The molecule has 2 heterocycles. The Morgan fingerprint density at radius 1 is 1.50 bits per heavy atom. The van der Waals surface area contributed by atoms with E-state index in [4.69, 9.17) is 10.9 Å². The molecule has 3 N–H and O–H groups in total. The minimum atomic E-state index is 0.0340. The summed E-state index contributed by atoms with van der Waals surface area (Å²) in [4.78, 5) is 3.29. The predicted molar refractivity (Wildman–Crippen MR) is 80.2 cm³/mol. The fraction of sp³-hybridized carbons (Fsp3) is 0.308. The Balaban J connectivity index is 2.39. The van der Waals surface area contributed by atoms with E-state index in [0.29, 0.717) is 17.9 Å². The molecule has 0 saturated carbocycles. The minimum absolute atomic E-state index is 0.0340. The van der Waals surface area contributed by atoms with Crippen molar-refractivity contribution in [3.05, 3.63) is 40.2 Å². The number of thiophene rings is 1. The molecule has 20 heavy (non-hydrogen) atoms. The van der Waals surface area contributed by atoms with Crippen LogP contribution in [-0.4, -0.2) is 27.3 Å². The van der Waals surface area contributed by atoms with Gasteiger partial charge in [0.15, 0.2) is 11.7 Å². The highest BCUT2D eigenvalue weighted by Gasteiger charge is 2.19. The third-order valence-electron chi connectivity index (χ3n) is 2.89. The minimum Gasteiger partial charge on any atom is -0.409 e. The number of nitrogens with zero attached hydrogens (tertiary/aromatic N) is 4. The number of anilines is 1. The Morgan fingerprint density at radius 3 is 2.90 bits per heavy atom. The molecule has 106 valence electrons. The maximum Gasteiger partial charge on any atom is 0.173 e. The summed E-state index contributed by atoms with van der Waals surface area (Å²) in [7, 11) is 0. The lowest BCUT2D eigenvalue weighted by Crippen LogP contribution is -2.33. The Hall–Kier alpha value is -2.15. The first-order chi connectivity index (χ1) is 9.63. The summed E-state index contributed by atoms with van der Waals surface area (Å²) >= 11 is 1.68. The molecule has 0 spiro atoms. The number of hydrogen-bond donors (Lipinski definition) is 2. The lowest BCUT2D eigenvalue weighted by Gasteiger charge is -2.28. The lowest BCUT2D eigenvalue weighted by molar-refractivity contribution is 0.318. The molecule has 0 amide bonds. The van der Waals surface area contributed by atoms with E-state index in [9.17, 15) is 0 Å². The van der Waals surface area contributed by atoms with Gasteiger partial charge in [0.05, 0.1) is 18.3 Å². The lowest BCUT2D eigenvalue weighted by atomic mass is 10.2. The van der Waals surface area contributed by atoms with E-state index >= 15 is 0 Å². The molecule has 2 aromatic rings. The summed E-state index contributed by atoms with van der Waals surface area (Å²) in [6, 6.07) is 5.99. The van der Waals surface area contributed by atoms with Gasteiger partial charge >= 0.3 is 0 Å². The first-order valence-corrected chi connectivity index (χ1v) is 7.10. The smallest absolute Gasteiger partial charge is 0.173 e. The van der Waals surface area contributed by atoms with Gasteiger partial charge in [0.25, 0.3) is 0 Å². The third-order valence-corrected chi connectivity index (χ3v) is 3.75. The van der Waals surface area contributed by atoms with Crippen LogP contribution < -0.4 is 10.6 Å². The molecule has 0 bridgehead atoms. The van der Waals surface area contributed by atoms with E-state index in [1.807, 2.05) is 11.4 Å². The van der Waals surface area contributed by atoms with Crippen molar-refractivity contribution in [1.29, 1.82) is 0 Å². The zero-order chi connectivity index (χ0) is 14.5. The molecule has 2 aromatic heterocycles. The fourth-order valence-corrected chi connectivity index (χ4v) is 2.57. The highest BCUT2D eigenvalue weighted by atomic mass is 32.1. The van der Waals surface area contributed by atoms with Crippen molar-refractivity contribution in [2.45, 2.75) is 26.4 Å². The summed E-state index contributed by atoms with van der Waals surface area (Å²) < 4.78 is 0. The average molecular weight is 291 g/mol. The second-order valence-corrected chi connectivity index (χ2v) is 5.59. The zero-order valence-corrected chi connectivity index (χ0v) is 12.2. The normalized spacial score (nSPS) is 11.8. The van der Waals surface area contributed by atoms with Crippen LogP contribution in [0.5, 0.6) is 0 Å². The average Bonchev–Trinajstić information content (AvgIpc) is 2.96. The molecule has 6 nitrogen and oxygen atoms in total. The quantitative estimate of drug-likeness (QED) is 0.381. The van der Waals surface area contributed by atoms with Crippen molar-refractivity contribution in [2.75, 3.05) is 4.90 Å². The van der Waals surface area contributed by atoms with Crippen LogP contribution in [0.4, 0.5) is 5.82 Å². The molecular weight excluding hydrogens is 274 g/mol. The van der Waals surface area contributed by atoms with Gasteiger partial charge in [0, 0.05) is 10.9 Å². The summed E-state index contributed by atoms with van der Waals surface area (Å²) in [5.41, 5.74) is 6.29. The number of aromatic nitrogens is 2. The Labute approximate surface area is 121 Å². The van der Waals surface area contributed by atoms with Crippen molar-refractivity contribution in [3.8, 4) is 0 Å². The number of amidine groups is 1. The van der Waals surface area contributed by atoms with Gasteiger partial charge in [0.2, 0.25) is 0 Å². The van der Waals surface area contributed by atoms with Crippen molar-refractivity contribution in [2.24, 2.45) is 10.9 Å². The van der Waals surface area contributed by atoms with Crippen LogP contribution in [0.25, 0.3) is 0 Å². The molecular formula is C13H17N5OS. The fourth-order valence-electron chi connectivity index (χ4n) is 1.86. The largest absolute Gasteiger partial charge is 0.409 e. The van der Waals surface area contributed by atoms with E-state index in [1.54, 1.807) is 17.4 Å². The third kappa shape index (κ3) is 3.05. The molecule has 0 fully saturated rings. The van der Waals surface area contributed by atoms with Crippen LogP contribution in [-0.2, 0) is 6.54 Å². The zero-order valence-electron chi connectivity index (χ0n) is 11.4. The Kier molecular flexibility index (Phi) is 4.52. The predicted octanol–water partition coefficient (Wildman–Crippen LogP) is 2.05. The molecule has 0 aliphatic carbocycles. The van der Waals surface area contributed by atoms with E-state index in [1.165, 1.54) is 11.1 Å². The summed E-state index contributed by atoms with van der Waals surface area (Å²) in [5, 5.41) is 22.1. The number of hydrogen-bond acceptors (Lipinski definition) is 6. The molecule has 0 aliphatic rings. The maximum absolute atomic E-state index is 8.89. The van der Waals surface area contributed by atoms with Crippen LogP contribution in [0, 0.1) is 0 Å². The van der Waals surface area contributed by atoms with Gasteiger partial charge in [-0.05, 0) is 31.4 Å². The van der Waals surface area contributed by atoms with E-state index in [2.05, 4.69) is 40.2 Å². The molecule has 0 atom stereocenters. The first-order valence-electron chi connectivity index (χ1n) is 6.22. The van der Waals surface area contributed by atoms with Gasteiger partial charge in [-0.1, -0.05) is 11.2 Å². The molecule has 0 aromatic carbocycles. The summed E-state index contributed by atoms with van der Waals surface area (Å²) in [6.07, 6.45) is 1.53. The molecule has 2 rings (SSSR count). The second kappa shape index (κ2) is 6.33. The van der Waals surface area contributed by atoms with E-state index in [0.717, 1.165) is 0 Å². The highest BCUT2D eigenvalue weighted by Crippen LogP contribution is 2.23. The Morgan fingerprint density at radius 2 is 2.30 bits per heavy atom. The van der Waals surface area contributed by atoms with Gasteiger partial charge in [-0.15, -0.1) is 16.4 Å². The van der Waals surface area contributed by atoms with Crippen LogP contribution in [0.15, 0.2) is 34.9 Å². The van der Waals surface area contributed by atoms with Gasteiger partial charge in [0.1, 0.15) is 0 Å². The van der Waals surface area contributed by atoms with Crippen molar-refractivity contribution in [1.82, 2.24) is 10.2 Å². The number of rotatable bonds is 5. The van der Waals surface area contributed by atoms with E-state index < -0.39 is 0 Å². The molecule has 7 heteroatoms. The highest BCUT2D eigenvalue weighted by molar-refractivity contribution is 7.09. The molecule has 0 saturated heterocycles. The van der Waals surface area contributed by atoms with Crippen molar-refractivity contribution >= 4 is 23.0 Å². The molecule has 0 aliphatic heterocycles. The summed E-state index contributed by atoms with van der Waals surface area (Å²) in [5.74, 6) is 0.651. The van der Waals surface area contributed by atoms with Crippen LogP contribution in [0.2, 0.25) is 0 Å². The topological polar surface area (TPSA) is 87.6 Å². The second-order valence-electron chi connectivity index (χ2n) is 4.55. The SMILES string of the molecule is CC(C)N(Cc1cccs1)c1nnccc1/C(N)=N/O. The Bertz CT molecular complexity index is 582. The van der Waals surface area contributed by atoms with Crippen LogP contribution in [0.1, 0.15) is 24.3 Å². The maximum atomic E-state index is 8.89. The van der Waals surface area contributed by atoms with Crippen LogP contribution in [0.3, 0.4) is 0 Å². The number of oxime groups is 1. The molecule has 0 unspecified atom stereocenters. The number of nitrogens with two attached hydrogens (primary N) is 1. The van der Waals surface area contributed by atoms with Gasteiger partial charge < -0.3 is 15.8 Å². The molecule has 0 radical (unpaired) electrons. The summed E-state index contributed by atoms with van der Waals surface area (Å²) in [6.45, 7) is 4.84. The van der Waals surface area contributed by atoms with Crippen molar-refractivity contribution in [3.63, 3.8) is 0 Å². The van der Waals surface area contributed by atoms with Gasteiger partial charge in [-0.2, -0.15) is 5.10 Å². The first kappa shape index (κ1) is 14.3. The monoisotopic (exact) mass is 291 g/mol. The van der Waals surface area contributed by atoms with E-state index in [-0.39, 0.29) is 11.9 Å².